The van der Waals surface area contributed by atoms with Crippen LogP contribution in [-0.4, -0.2) is 31.1 Å². The van der Waals surface area contributed by atoms with Gasteiger partial charge in [-0.05, 0) is 12.5 Å². The molecule has 3 aromatic heterocycles. The van der Waals surface area contributed by atoms with Crippen LogP contribution in [0.3, 0.4) is 0 Å². The van der Waals surface area contributed by atoms with Crippen molar-refractivity contribution >= 4 is 17.0 Å². The van der Waals surface area contributed by atoms with Crippen LogP contribution in [-0.2, 0) is 11.5 Å². The van der Waals surface area contributed by atoms with Crippen molar-refractivity contribution < 1.29 is 4.74 Å². The summed E-state index contributed by atoms with van der Waals surface area (Å²) in [6.45, 7) is 3.27. The number of hydrogen-bond acceptors (Lipinski definition) is 6. The Morgan fingerprint density at radius 1 is 1.24 bits per heavy atom. The first kappa shape index (κ1) is 13.4. The van der Waals surface area contributed by atoms with Crippen LogP contribution in [0.15, 0.2) is 30.9 Å². The summed E-state index contributed by atoms with van der Waals surface area (Å²) in [7, 11) is 0. The third-order valence-corrected chi connectivity index (χ3v) is 3.01. The zero-order valence-corrected chi connectivity index (χ0v) is 11.7. The zero-order valence-electron chi connectivity index (χ0n) is 11.7. The van der Waals surface area contributed by atoms with Gasteiger partial charge in [0.25, 0.3) is 0 Å². The van der Waals surface area contributed by atoms with Gasteiger partial charge in [0.1, 0.15) is 23.6 Å². The van der Waals surface area contributed by atoms with E-state index in [1.165, 1.54) is 0 Å². The molecule has 3 aromatic rings. The third kappa shape index (κ3) is 2.68. The lowest BCUT2D eigenvalue weighted by Crippen LogP contribution is -2.03. The molecule has 0 saturated heterocycles. The predicted molar refractivity (Wildman–Crippen MR) is 79.2 cm³/mol. The molecule has 0 radical (unpaired) electrons. The maximum absolute atomic E-state index is 5.82. The first-order valence-electron chi connectivity index (χ1n) is 6.76. The minimum absolute atomic E-state index is 0.344. The van der Waals surface area contributed by atoms with E-state index in [1.54, 1.807) is 18.6 Å². The molecular weight excluding hydrogens is 268 g/mol. The molecule has 7 heteroatoms. The summed E-state index contributed by atoms with van der Waals surface area (Å²) in [5.74, 6) is 0.344. The molecule has 0 aliphatic carbocycles. The molecule has 2 N–H and O–H groups in total. The van der Waals surface area contributed by atoms with Gasteiger partial charge in [-0.3, -0.25) is 0 Å². The number of hydrogen-bond donors (Lipinski definition) is 1. The zero-order chi connectivity index (χ0) is 14.7. The standard InChI is InChI=1S/C14H16N6O/c1-2-7-21-9-20-6-3-10-14(20)18-8-11(19-10)12-13(15)17-5-4-16-12/h3-6,8H,2,7,9H2,1H3,(H2,15,17). The fourth-order valence-corrected chi connectivity index (χ4v) is 2.03. The molecule has 0 spiro atoms. The number of nitrogens with zero attached hydrogens (tertiary/aromatic N) is 5. The van der Waals surface area contributed by atoms with Crippen LogP contribution in [0.1, 0.15) is 13.3 Å². The Bertz CT molecular complexity index is 754. The maximum Gasteiger partial charge on any atom is 0.160 e. The molecule has 21 heavy (non-hydrogen) atoms. The van der Waals surface area contributed by atoms with Crippen LogP contribution >= 0.6 is 0 Å². The monoisotopic (exact) mass is 284 g/mol. The minimum Gasteiger partial charge on any atom is -0.382 e. The molecule has 7 nitrogen and oxygen atoms in total. The van der Waals surface area contributed by atoms with E-state index in [0.717, 1.165) is 24.2 Å². The highest BCUT2D eigenvalue weighted by Gasteiger charge is 2.10. The second kappa shape index (κ2) is 5.84. The molecule has 3 rings (SSSR count). The van der Waals surface area contributed by atoms with Crippen molar-refractivity contribution in [3.05, 3.63) is 30.9 Å². The van der Waals surface area contributed by atoms with E-state index in [-0.39, 0.29) is 0 Å². The molecular formula is C14H16N6O. The van der Waals surface area contributed by atoms with Gasteiger partial charge in [-0.1, -0.05) is 6.92 Å². The van der Waals surface area contributed by atoms with E-state index < -0.39 is 0 Å². The fourth-order valence-electron chi connectivity index (χ4n) is 2.03. The average molecular weight is 284 g/mol. The summed E-state index contributed by atoms with van der Waals surface area (Å²) in [5, 5.41) is 0. The van der Waals surface area contributed by atoms with E-state index in [9.17, 15) is 0 Å². The highest BCUT2D eigenvalue weighted by Crippen LogP contribution is 2.21. The van der Waals surface area contributed by atoms with Gasteiger partial charge in [0.2, 0.25) is 0 Å². The summed E-state index contributed by atoms with van der Waals surface area (Å²) >= 11 is 0. The lowest BCUT2D eigenvalue weighted by Gasteiger charge is -2.06. The Kier molecular flexibility index (Phi) is 3.74. The highest BCUT2D eigenvalue weighted by molar-refractivity contribution is 5.76. The smallest absolute Gasteiger partial charge is 0.160 e. The number of nitrogens with two attached hydrogens (primary N) is 1. The maximum atomic E-state index is 5.82. The summed E-state index contributed by atoms with van der Waals surface area (Å²) in [4.78, 5) is 17.2. The van der Waals surface area contributed by atoms with E-state index in [0.29, 0.717) is 23.9 Å². The molecule has 0 amide bonds. The van der Waals surface area contributed by atoms with Gasteiger partial charge in [-0.2, -0.15) is 0 Å². The molecule has 0 saturated carbocycles. The largest absolute Gasteiger partial charge is 0.382 e. The molecule has 0 aliphatic rings. The second-order valence-corrected chi connectivity index (χ2v) is 4.58. The number of fused-ring (bicyclic) bond motifs is 1. The summed E-state index contributed by atoms with van der Waals surface area (Å²) in [6.07, 6.45) is 7.68. The van der Waals surface area contributed by atoms with Gasteiger partial charge in [-0.25, -0.2) is 19.9 Å². The predicted octanol–water partition coefficient (Wildman–Crippen LogP) is 1.85. The number of anilines is 1. The van der Waals surface area contributed by atoms with Crippen LogP contribution in [0.5, 0.6) is 0 Å². The second-order valence-electron chi connectivity index (χ2n) is 4.58. The van der Waals surface area contributed by atoms with Crippen molar-refractivity contribution in [1.82, 2.24) is 24.5 Å². The normalized spacial score (nSPS) is 11.1. The van der Waals surface area contributed by atoms with Crippen molar-refractivity contribution in [2.45, 2.75) is 20.1 Å². The van der Waals surface area contributed by atoms with Crippen LogP contribution in [0.25, 0.3) is 22.6 Å². The Hall–Kier alpha value is -2.54. The molecule has 108 valence electrons. The van der Waals surface area contributed by atoms with Crippen molar-refractivity contribution in [2.24, 2.45) is 0 Å². The van der Waals surface area contributed by atoms with Gasteiger partial charge in [0.05, 0.1) is 6.20 Å². The third-order valence-electron chi connectivity index (χ3n) is 3.01. The van der Waals surface area contributed by atoms with Crippen molar-refractivity contribution in [3.63, 3.8) is 0 Å². The van der Waals surface area contributed by atoms with Crippen LogP contribution in [0.4, 0.5) is 5.82 Å². The van der Waals surface area contributed by atoms with Crippen LogP contribution in [0, 0.1) is 0 Å². The molecule has 0 aromatic carbocycles. The SMILES string of the molecule is CCCOCn1ccc2nc(-c3nccnc3N)cnc21. The lowest BCUT2D eigenvalue weighted by atomic mass is 10.3. The van der Waals surface area contributed by atoms with Crippen LogP contribution in [0.2, 0.25) is 0 Å². The molecule has 3 heterocycles. The van der Waals surface area contributed by atoms with Gasteiger partial charge in [-0.15, -0.1) is 0 Å². The Labute approximate surface area is 121 Å². The van der Waals surface area contributed by atoms with E-state index in [4.69, 9.17) is 10.5 Å². The van der Waals surface area contributed by atoms with Crippen molar-refractivity contribution in [1.29, 1.82) is 0 Å². The Morgan fingerprint density at radius 3 is 2.90 bits per heavy atom. The van der Waals surface area contributed by atoms with Crippen molar-refractivity contribution in [2.75, 3.05) is 12.3 Å². The molecule has 0 atom stereocenters. The van der Waals surface area contributed by atoms with Crippen LogP contribution < -0.4 is 5.73 Å². The van der Waals surface area contributed by atoms with E-state index in [2.05, 4.69) is 26.9 Å². The highest BCUT2D eigenvalue weighted by atomic mass is 16.5. The van der Waals surface area contributed by atoms with Gasteiger partial charge < -0.3 is 15.0 Å². The number of ether oxygens (including phenoxy) is 1. The Balaban J connectivity index is 1.93. The number of rotatable bonds is 5. The first-order valence-corrected chi connectivity index (χ1v) is 6.76. The summed E-state index contributed by atoms with van der Waals surface area (Å²) < 4.78 is 7.44. The average Bonchev–Trinajstić information content (AvgIpc) is 2.90. The van der Waals surface area contributed by atoms with Gasteiger partial charge >= 0.3 is 0 Å². The fraction of sp³-hybridized carbons (Fsp3) is 0.286. The lowest BCUT2D eigenvalue weighted by molar-refractivity contribution is 0.0800. The molecule has 0 aliphatic heterocycles. The van der Waals surface area contributed by atoms with Gasteiger partial charge in [0, 0.05) is 25.2 Å². The minimum atomic E-state index is 0.344. The number of aromatic nitrogens is 5. The Morgan fingerprint density at radius 2 is 2.10 bits per heavy atom. The molecule has 0 unspecified atom stereocenters. The van der Waals surface area contributed by atoms with Crippen molar-refractivity contribution in [3.8, 4) is 11.4 Å². The van der Waals surface area contributed by atoms with E-state index >= 15 is 0 Å². The number of nitrogen functional groups attached to an aromatic ring is 1. The summed E-state index contributed by atoms with van der Waals surface area (Å²) in [5.41, 5.74) is 8.52. The first-order chi connectivity index (χ1) is 10.3. The van der Waals surface area contributed by atoms with Gasteiger partial charge in [0.15, 0.2) is 11.5 Å². The van der Waals surface area contributed by atoms with E-state index in [1.807, 2.05) is 16.8 Å². The molecule has 0 fully saturated rings. The quantitative estimate of drug-likeness (QED) is 0.719. The summed E-state index contributed by atoms with van der Waals surface area (Å²) in [6, 6.07) is 1.90. The topological polar surface area (TPSA) is 91.7 Å². The molecule has 0 bridgehead atoms.